The summed E-state index contributed by atoms with van der Waals surface area (Å²) in [6.07, 6.45) is 0. The van der Waals surface area contributed by atoms with Crippen LogP contribution in [0, 0.1) is 13.8 Å². The van der Waals surface area contributed by atoms with Gasteiger partial charge in [-0.3, -0.25) is 4.57 Å². The Labute approximate surface area is 198 Å². The molecule has 7 rings (SSSR count). The second-order valence-corrected chi connectivity index (χ2v) is 11.6. The van der Waals surface area contributed by atoms with Crippen LogP contribution < -0.4 is 20.1 Å². The normalized spacial score (nSPS) is 15.6. The first-order chi connectivity index (χ1) is 16.5. The second kappa shape index (κ2) is 6.85. The highest BCUT2D eigenvalue weighted by Gasteiger charge is 2.47. The lowest BCUT2D eigenvalue weighted by Crippen LogP contribution is -2.18. The van der Waals surface area contributed by atoms with Crippen LogP contribution in [-0.2, 0) is 22.3 Å². The molecule has 3 aliphatic heterocycles. The molecule has 0 aromatic heterocycles. The average Bonchev–Trinajstić information content (AvgIpc) is 3.14. The number of ether oxygens (including phenoxy) is 2. The lowest BCUT2D eigenvalue weighted by atomic mass is 9.82. The molecule has 0 bridgehead atoms. The molecule has 3 heterocycles. The van der Waals surface area contributed by atoms with Crippen molar-refractivity contribution in [3.05, 3.63) is 82.9 Å². The summed E-state index contributed by atoms with van der Waals surface area (Å²) in [6, 6.07) is 20.5. The molecule has 0 N–H and O–H groups in total. The van der Waals surface area contributed by atoms with Crippen molar-refractivity contribution >= 4 is 18.0 Å². The summed E-state index contributed by atoms with van der Waals surface area (Å²) in [5.41, 5.74) is 10.5. The fourth-order valence-electron chi connectivity index (χ4n) is 6.05. The molecule has 0 saturated carbocycles. The van der Waals surface area contributed by atoms with Gasteiger partial charge in [-0.1, -0.05) is 48.5 Å². The van der Waals surface area contributed by atoms with Gasteiger partial charge in [-0.15, -0.1) is 0 Å². The molecular formula is C29H23O4P. The quantitative estimate of drug-likeness (QED) is 0.310. The van der Waals surface area contributed by atoms with E-state index in [2.05, 4.69) is 24.3 Å². The van der Waals surface area contributed by atoms with E-state index in [0.29, 0.717) is 13.2 Å². The predicted octanol–water partition coefficient (Wildman–Crippen LogP) is 6.28. The number of benzene rings is 4. The SMILES string of the molecule is COP1(=O)c2c(C)cc3c(c2-c2c4c(cc(C)c21)COc1ccccc1-4)-c1ccccc1OC3. The molecule has 4 aromatic carbocycles. The van der Waals surface area contributed by atoms with Crippen LogP contribution in [0.3, 0.4) is 0 Å². The molecule has 0 aliphatic carbocycles. The largest absolute Gasteiger partial charge is 0.488 e. The summed E-state index contributed by atoms with van der Waals surface area (Å²) in [5, 5.41) is 1.64. The van der Waals surface area contributed by atoms with Gasteiger partial charge in [0.15, 0.2) is 0 Å². The van der Waals surface area contributed by atoms with E-state index in [4.69, 9.17) is 14.0 Å². The lowest BCUT2D eigenvalue weighted by molar-refractivity contribution is 0.302. The first kappa shape index (κ1) is 20.1. The van der Waals surface area contributed by atoms with E-state index >= 15 is 0 Å². The zero-order valence-corrected chi connectivity index (χ0v) is 20.2. The molecule has 0 atom stereocenters. The van der Waals surface area contributed by atoms with Crippen LogP contribution in [0.1, 0.15) is 22.3 Å². The number of fused-ring (bicyclic) bond motifs is 11. The van der Waals surface area contributed by atoms with Crippen LogP contribution in [0.5, 0.6) is 11.5 Å². The van der Waals surface area contributed by atoms with Crippen LogP contribution in [0.4, 0.5) is 0 Å². The molecule has 4 aromatic rings. The molecule has 34 heavy (non-hydrogen) atoms. The zero-order valence-electron chi connectivity index (χ0n) is 19.3. The van der Waals surface area contributed by atoms with E-state index in [1.165, 1.54) is 0 Å². The topological polar surface area (TPSA) is 44.8 Å². The Balaban J connectivity index is 1.71. The lowest BCUT2D eigenvalue weighted by Gasteiger charge is -2.27. The number of hydrogen-bond acceptors (Lipinski definition) is 4. The minimum Gasteiger partial charge on any atom is -0.488 e. The molecule has 5 heteroatoms. The highest BCUT2D eigenvalue weighted by molar-refractivity contribution is 7.76. The third-order valence-electron chi connectivity index (χ3n) is 7.32. The Morgan fingerprint density at radius 3 is 1.59 bits per heavy atom. The highest BCUT2D eigenvalue weighted by Crippen LogP contribution is 2.61. The average molecular weight is 466 g/mol. The maximum atomic E-state index is 14.8. The minimum absolute atomic E-state index is 0.487. The van der Waals surface area contributed by atoms with E-state index in [9.17, 15) is 4.57 Å². The van der Waals surface area contributed by atoms with Gasteiger partial charge in [0, 0.05) is 40.5 Å². The van der Waals surface area contributed by atoms with Crippen LogP contribution in [-0.4, -0.2) is 7.11 Å². The maximum Gasteiger partial charge on any atom is 0.262 e. The molecule has 0 saturated heterocycles. The van der Waals surface area contributed by atoms with Crippen molar-refractivity contribution < 1.29 is 18.6 Å². The van der Waals surface area contributed by atoms with Crippen molar-refractivity contribution in [3.63, 3.8) is 0 Å². The standard InChI is InChI=1S/C29H23O4P/c1-16-12-18-14-32-22-10-6-4-8-20(22)24(18)26-27-25-19(15-33-23-11-7-5-9-21(23)25)13-17(2)29(27)34(30,31-3)28(16)26/h4-13H,14-15H2,1-3H3. The van der Waals surface area contributed by atoms with Gasteiger partial charge >= 0.3 is 0 Å². The van der Waals surface area contributed by atoms with Gasteiger partial charge in [0.2, 0.25) is 0 Å². The van der Waals surface area contributed by atoms with Crippen LogP contribution in [0.2, 0.25) is 0 Å². The molecule has 3 aliphatic rings. The van der Waals surface area contributed by atoms with Crippen LogP contribution in [0.15, 0.2) is 60.7 Å². The molecule has 0 amide bonds. The van der Waals surface area contributed by atoms with Gasteiger partial charge in [0.05, 0.1) is 10.6 Å². The summed E-state index contributed by atoms with van der Waals surface area (Å²) < 4.78 is 33.0. The third-order valence-corrected chi connectivity index (χ3v) is 10.2. The highest BCUT2D eigenvalue weighted by atomic mass is 31.2. The fraction of sp³-hybridized carbons (Fsp3) is 0.172. The Morgan fingerprint density at radius 2 is 1.15 bits per heavy atom. The number of aryl methyl sites for hydroxylation is 2. The van der Waals surface area contributed by atoms with E-state index in [-0.39, 0.29) is 0 Å². The van der Waals surface area contributed by atoms with Crippen LogP contribution >= 0.6 is 7.37 Å². The fourth-order valence-corrected chi connectivity index (χ4v) is 8.73. The number of hydrogen-bond donors (Lipinski definition) is 0. The Kier molecular flexibility index (Phi) is 4.04. The second-order valence-electron chi connectivity index (χ2n) is 9.21. The molecule has 0 radical (unpaired) electrons. The number of para-hydroxylation sites is 2. The summed E-state index contributed by atoms with van der Waals surface area (Å²) in [6.45, 7) is 5.05. The molecule has 0 fully saturated rings. The van der Waals surface area contributed by atoms with Crippen molar-refractivity contribution in [1.29, 1.82) is 0 Å². The first-order valence-corrected chi connectivity index (χ1v) is 13.1. The monoisotopic (exact) mass is 466 g/mol. The van der Waals surface area contributed by atoms with Crippen molar-refractivity contribution in [3.8, 4) is 44.9 Å². The molecule has 168 valence electrons. The van der Waals surface area contributed by atoms with E-state index in [1.54, 1.807) is 7.11 Å². The summed E-state index contributed by atoms with van der Waals surface area (Å²) >= 11 is 0. The maximum absolute atomic E-state index is 14.8. The third kappa shape index (κ3) is 2.40. The Morgan fingerprint density at radius 1 is 0.706 bits per heavy atom. The van der Waals surface area contributed by atoms with Gasteiger partial charge in [0.25, 0.3) is 7.37 Å². The Bertz CT molecular complexity index is 1490. The van der Waals surface area contributed by atoms with Crippen LogP contribution in [0.25, 0.3) is 33.4 Å². The first-order valence-electron chi connectivity index (χ1n) is 11.5. The predicted molar refractivity (Wildman–Crippen MR) is 135 cm³/mol. The number of rotatable bonds is 1. The molecule has 4 nitrogen and oxygen atoms in total. The van der Waals surface area contributed by atoms with Gasteiger partial charge in [-0.05, 0) is 48.2 Å². The van der Waals surface area contributed by atoms with E-state index in [1.807, 2.05) is 50.2 Å². The smallest absolute Gasteiger partial charge is 0.262 e. The molecule has 0 unspecified atom stereocenters. The van der Waals surface area contributed by atoms with Gasteiger partial charge < -0.3 is 14.0 Å². The molecule has 0 spiro atoms. The van der Waals surface area contributed by atoms with E-state index < -0.39 is 7.37 Å². The van der Waals surface area contributed by atoms with E-state index in [0.717, 1.165) is 77.7 Å². The Hall–Kier alpha value is -3.33. The molecular weight excluding hydrogens is 443 g/mol. The summed E-state index contributed by atoms with van der Waals surface area (Å²) in [7, 11) is -1.73. The van der Waals surface area contributed by atoms with Gasteiger partial charge in [0.1, 0.15) is 24.7 Å². The van der Waals surface area contributed by atoms with Gasteiger partial charge in [-0.25, -0.2) is 0 Å². The summed E-state index contributed by atoms with van der Waals surface area (Å²) in [4.78, 5) is 0. The van der Waals surface area contributed by atoms with Crippen molar-refractivity contribution in [2.75, 3.05) is 7.11 Å². The minimum atomic E-state index is -3.30. The zero-order chi connectivity index (χ0) is 23.2. The van der Waals surface area contributed by atoms with Crippen molar-refractivity contribution in [2.24, 2.45) is 0 Å². The van der Waals surface area contributed by atoms with Crippen molar-refractivity contribution in [2.45, 2.75) is 27.1 Å². The summed E-state index contributed by atoms with van der Waals surface area (Å²) in [5.74, 6) is 1.71. The van der Waals surface area contributed by atoms with Crippen molar-refractivity contribution in [1.82, 2.24) is 0 Å². The van der Waals surface area contributed by atoms with Gasteiger partial charge in [-0.2, -0.15) is 0 Å².